The second-order valence-electron chi connectivity index (χ2n) is 3.84. The molecular formula is C15H20. The lowest BCUT2D eigenvalue weighted by Crippen LogP contribution is -1.73. The van der Waals surface area contributed by atoms with Crippen molar-refractivity contribution in [2.45, 2.75) is 33.1 Å². The highest BCUT2D eigenvalue weighted by Crippen LogP contribution is 2.07. The molecule has 0 aromatic heterocycles. The first-order valence-corrected chi connectivity index (χ1v) is 5.73. The maximum absolute atomic E-state index is 2.26. The van der Waals surface area contributed by atoms with Crippen molar-refractivity contribution in [3.8, 4) is 0 Å². The predicted octanol–water partition coefficient (Wildman–Crippen LogP) is 4.84. The molecule has 0 aliphatic rings. The lowest BCUT2D eigenvalue weighted by Gasteiger charge is -1.95. The molecule has 0 amide bonds. The van der Waals surface area contributed by atoms with Crippen molar-refractivity contribution in [1.29, 1.82) is 0 Å². The van der Waals surface area contributed by atoms with Crippen LogP contribution >= 0.6 is 0 Å². The summed E-state index contributed by atoms with van der Waals surface area (Å²) in [5.41, 5.74) is 2.59. The first-order valence-electron chi connectivity index (χ1n) is 5.73. The van der Waals surface area contributed by atoms with Gasteiger partial charge in [-0.2, -0.15) is 0 Å². The number of benzene rings is 1. The van der Waals surface area contributed by atoms with Crippen LogP contribution in [0.25, 0.3) is 6.08 Å². The van der Waals surface area contributed by atoms with E-state index >= 15 is 0 Å². The molecule has 0 heterocycles. The number of unbranched alkanes of at least 4 members (excludes halogenated alkanes) is 2. The van der Waals surface area contributed by atoms with Crippen LogP contribution in [0.15, 0.2) is 48.1 Å². The van der Waals surface area contributed by atoms with Crippen LogP contribution in [0.1, 0.15) is 38.7 Å². The molecule has 0 unspecified atom stereocenters. The second kappa shape index (κ2) is 7.05. The van der Waals surface area contributed by atoms with Crippen molar-refractivity contribution < 1.29 is 0 Å². The van der Waals surface area contributed by atoms with E-state index in [1.54, 1.807) is 0 Å². The van der Waals surface area contributed by atoms with E-state index in [1.165, 1.54) is 30.4 Å². The van der Waals surface area contributed by atoms with E-state index in [2.05, 4.69) is 56.3 Å². The van der Waals surface area contributed by atoms with E-state index in [-0.39, 0.29) is 0 Å². The summed E-state index contributed by atoms with van der Waals surface area (Å²) in [7, 11) is 0. The van der Waals surface area contributed by atoms with Gasteiger partial charge >= 0.3 is 0 Å². The third kappa shape index (κ3) is 5.21. The molecule has 0 aliphatic carbocycles. The summed E-state index contributed by atoms with van der Waals surface area (Å²) in [5, 5.41) is 0. The fourth-order valence-electron chi connectivity index (χ4n) is 1.45. The average Bonchev–Trinajstić information content (AvgIpc) is 2.26. The van der Waals surface area contributed by atoms with Crippen molar-refractivity contribution in [3.63, 3.8) is 0 Å². The Hall–Kier alpha value is -1.30. The fourth-order valence-corrected chi connectivity index (χ4v) is 1.45. The molecule has 0 spiro atoms. The fraction of sp³-hybridized carbons (Fsp3) is 0.333. The summed E-state index contributed by atoms with van der Waals surface area (Å²) >= 11 is 0. The third-order valence-electron chi connectivity index (χ3n) is 2.30. The maximum Gasteiger partial charge on any atom is -0.0254 e. The second-order valence-corrected chi connectivity index (χ2v) is 3.84. The molecule has 15 heavy (non-hydrogen) atoms. The molecule has 0 heteroatoms. The van der Waals surface area contributed by atoms with Crippen LogP contribution in [-0.2, 0) is 0 Å². The molecule has 0 atom stereocenters. The highest BCUT2D eigenvalue weighted by molar-refractivity contribution is 5.54. The molecule has 0 radical (unpaired) electrons. The van der Waals surface area contributed by atoms with Gasteiger partial charge in [0.05, 0.1) is 0 Å². The molecule has 0 saturated carbocycles. The molecule has 0 aliphatic heterocycles. The number of rotatable bonds is 5. The van der Waals surface area contributed by atoms with Crippen LogP contribution in [0, 0.1) is 0 Å². The van der Waals surface area contributed by atoms with Crippen LogP contribution in [0.2, 0.25) is 0 Å². The maximum atomic E-state index is 2.26. The van der Waals surface area contributed by atoms with Gasteiger partial charge in [-0.15, -0.1) is 0 Å². The molecular weight excluding hydrogens is 180 g/mol. The van der Waals surface area contributed by atoms with Gasteiger partial charge < -0.3 is 0 Å². The minimum atomic E-state index is 1.19. The van der Waals surface area contributed by atoms with E-state index in [0.29, 0.717) is 0 Å². The van der Waals surface area contributed by atoms with Gasteiger partial charge in [0.15, 0.2) is 0 Å². The number of hydrogen-bond donors (Lipinski definition) is 0. The van der Waals surface area contributed by atoms with Crippen molar-refractivity contribution in [2.24, 2.45) is 0 Å². The third-order valence-corrected chi connectivity index (χ3v) is 2.30. The molecule has 0 bridgehead atoms. The monoisotopic (exact) mass is 200 g/mol. The smallest absolute Gasteiger partial charge is 0.0254 e. The van der Waals surface area contributed by atoms with E-state index in [0.717, 1.165) is 0 Å². The normalized spacial score (nSPS) is 12.3. The van der Waals surface area contributed by atoms with Gasteiger partial charge in [0.1, 0.15) is 0 Å². The van der Waals surface area contributed by atoms with E-state index in [4.69, 9.17) is 0 Å². The standard InChI is InChI=1S/C15H20/c1-3-4-5-7-10-14(2)13-15-11-8-6-9-12-15/h6-13H,3-5H2,1-2H3/b10-7-,14-13+. The average molecular weight is 200 g/mol. The topological polar surface area (TPSA) is 0 Å². The minimum Gasteiger partial charge on any atom is -0.0843 e. The summed E-state index contributed by atoms with van der Waals surface area (Å²) in [6.45, 7) is 4.37. The van der Waals surface area contributed by atoms with E-state index in [9.17, 15) is 0 Å². The lowest BCUT2D eigenvalue weighted by molar-refractivity contribution is 0.814. The Labute approximate surface area is 93.3 Å². The Morgan fingerprint density at radius 2 is 1.93 bits per heavy atom. The summed E-state index contributed by atoms with van der Waals surface area (Å²) in [5.74, 6) is 0. The molecule has 1 aromatic carbocycles. The number of hydrogen-bond acceptors (Lipinski definition) is 0. The number of allylic oxidation sites excluding steroid dienone is 3. The molecule has 80 valence electrons. The molecule has 0 N–H and O–H groups in total. The van der Waals surface area contributed by atoms with Gasteiger partial charge in [0.2, 0.25) is 0 Å². The zero-order valence-electron chi connectivity index (χ0n) is 9.74. The van der Waals surface area contributed by atoms with Crippen LogP contribution in [0.5, 0.6) is 0 Å². The largest absolute Gasteiger partial charge is 0.0843 e. The van der Waals surface area contributed by atoms with Crippen LogP contribution in [0.3, 0.4) is 0 Å². The quantitative estimate of drug-likeness (QED) is 0.471. The van der Waals surface area contributed by atoms with Gasteiger partial charge in [-0.25, -0.2) is 0 Å². The van der Waals surface area contributed by atoms with Gasteiger partial charge in [0.25, 0.3) is 0 Å². The highest BCUT2D eigenvalue weighted by Gasteiger charge is 1.86. The van der Waals surface area contributed by atoms with Crippen molar-refractivity contribution in [3.05, 3.63) is 53.6 Å². The molecule has 0 nitrogen and oxygen atoms in total. The van der Waals surface area contributed by atoms with Gasteiger partial charge in [-0.05, 0) is 18.9 Å². The Morgan fingerprint density at radius 1 is 1.20 bits per heavy atom. The molecule has 0 saturated heterocycles. The predicted molar refractivity (Wildman–Crippen MR) is 68.8 cm³/mol. The Morgan fingerprint density at radius 3 is 2.60 bits per heavy atom. The molecule has 0 fully saturated rings. The van der Waals surface area contributed by atoms with Crippen molar-refractivity contribution in [1.82, 2.24) is 0 Å². The SMILES string of the molecule is CCCC/C=C\C(C)=C\c1ccccc1. The molecule has 1 aromatic rings. The first kappa shape index (κ1) is 11.8. The molecule has 1 rings (SSSR count). The van der Waals surface area contributed by atoms with Crippen molar-refractivity contribution >= 4 is 6.08 Å². The Bertz CT molecular complexity index is 317. The summed E-state index contributed by atoms with van der Waals surface area (Å²) < 4.78 is 0. The summed E-state index contributed by atoms with van der Waals surface area (Å²) in [6.07, 6.45) is 10.4. The summed E-state index contributed by atoms with van der Waals surface area (Å²) in [6, 6.07) is 10.4. The van der Waals surface area contributed by atoms with Crippen LogP contribution in [-0.4, -0.2) is 0 Å². The van der Waals surface area contributed by atoms with Gasteiger partial charge in [0, 0.05) is 0 Å². The van der Waals surface area contributed by atoms with E-state index < -0.39 is 0 Å². The first-order chi connectivity index (χ1) is 7.33. The Balaban J connectivity index is 2.49. The summed E-state index contributed by atoms with van der Waals surface area (Å²) in [4.78, 5) is 0. The van der Waals surface area contributed by atoms with Crippen LogP contribution < -0.4 is 0 Å². The lowest BCUT2D eigenvalue weighted by atomic mass is 10.1. The van der Waals surface area contributed by atoms with Crippen LogP contribution in [0.4, 0.5) is 0 Å². The zero-order valence-corrected chi connectivity index (χ0v) is 9.74. The van der Waals surface area contributed by atoms with Crippen molar-refractivity contribution in [2.75, 3.05) is 0 Å². The minimum absolute atomic E-state index is 1.19. The van der Waals surface area contributed by atoms with Gasteiger partial charge in [-0.3, -0.25) is 0 Å². The van der Waals surface area contributed by atoms with Gasteiger partial charge in [-0.1, -0.05) is 73.9 Å². The highest BCUT2D eigenvalue weighted by atomic mass is 13.9. The Kier molecular flexibility index (Phi) is 5.54. The van der Waals surface area contributed by atoms with E-state index in [1.807, 2.05) is 6.07 Å². The zero-order chi connectivity index (χ0) is 10.9.